The van der Waals surface area contributed by atoms with Crippen LogP contribution in [0.15, 0.2) is 48.8 Å². The summed E-state index contributed by atoms with van der Waals surface area (Å²) in [5, 5.41) is 10.7. The molecule has 7 heteroatoms. The third kappa shape index (κ3) is 3.88. The van der Waals surface area contributed by atoms with E-state index in [1.54, 1.807) is 23.1 Å². The van der Waals surface area contributed by atoms with E-state index in [-0.39, 0.29) is 5.91 Å². The summed E-state index contributed by atoms with van der Waals surface area (Å²) in [6.45, 7) is 1.98. The van der Waals surface area contributed by atoms with Gasteiger partial charge in [0.25, 0.3) is 5.91 Å². The topological polar surface area (TPSA) is 84.7 Å². The summed E-state index contributed by atoms with van der Waals surface area (Å²) in [6.07, 6.45) is 5.58. The van der Waals surface area contributed by atoms with Crippen LogP contribution in [0.5, 0.6) is 0 Å². The number of aryl methyl sites for hydroxylation is 1. The second kappa shape index (κ2) is 7.67. The number of carbonyl (C=O) groups is 1. The lowest BCUT2D eigenvalue weighted by Gasteiger charge is -2.22. The molecule has 0 aliphatic carbocycles. The monoisotopic (exact) mass is 362 g/mol. The zero-order chi connectivity index (χ0) is 18.6. The third-order valence-electron chi connectivity index (χ3n) is 4.75. The van der Waals surface area contributed by atoms with Gasteiger partial charge in [0.15, 0.2) is 0 Å². The summed E-state index contributed by atoms with van der Waals surface area (Å²) >= 11 is 0. The molecule has 0 unspecified atom stereocenters. The predicted octanol–water partition coefficient (Wildman–Crippen LogP) is 2.60. The van der Waals surface area contributed by atoms with Crippen LogP contribution in [0.25, 0.3) is 11.4 Å². The number of nitrogens with one attached hydrogen (secondary N) is 2. The van der Waals surface area contributed by atoms with Crippen LogP contribution in [-0.4, -0.2) is 38.7 Å². The molecule has 4 heterocycles. The van der Waals surface area contributed by atoms with Gasteiger partial charge in [-0.25, -0.2) is 4.98 Å². The molecule has 4 rings (SSSR count). The summed E-state index contributed by atoms with van der Waals surface area (Å²) in [4.78, 5) is 21.7. The van der Waals surface area contributed by atoms with Crippen LogP contribution in [0.2, 0.25) is 0 Å². The molecule has 3 aromatic rings. The molecule has 138 valence electrons. The maximum Gasteiger partial charge on any atom is 0.274 e. The minimum atomic E-state index is -0.240. The number of amides is 1. The highest BCUT2D eigenvalue weighted by Crippen LogP contribution is 2.26. The molecule has 0 atom stereocenters. The quantitative estimate of drug-likeness (QED) is 0.745. The molecule has 1 aliphatic heterocycles. The average molecular weight is 362 g/mol. The Balaban J connectivity index is 1.57. The number of hydrogen-bond donors (Lipinski definition) is 2. The first-order valence-corrected chi connectivity index (χ1v) is 9.15. The lowest BCUT2D eigenvalue weighted by atomic mass is 9.94. The highest BCUT2D eigenvalue weighted by molar-refractivity contribution is 6.04. The van der Waals surface area contributed by atoms with E-state index < -0.39 is 0 Å². The van der Waals surface area contributed by atoms with Crippen molar-refractivity contribution in [1.82, 2.24) is 25.1 Å². The predicted molar refractivity (Wildman–Crippen MR) is 103 cm³/mol. The number of carbonyl (C=O) groups excluding carboxylic acids is 1. The largest absolute Gasteiger partial charge is 0.317 e. The molecule has 1 aliphatic rings. The summed E-state index contributed by atoms with van der Waals surface area (Å²) in [5.74, 6) is 0.164. The molecule has 3 aromatic heterocycles. The van der Waals surface area contributed by atoms with E-state index in [4.69, 9.17) is 0 Å². The molecular weight excluding hydrogens is 340 g/mol. The van der Waals surface area contributed by atoms with Gasteiger partial charge in [-0.2, -0.15) is 5.10 Å². The van der Waals surface area contributed by atoms with Gasteiger partial charge >= 0.3 is 0 Å². The van der Waals surface area contributed by atoms with Gasteiger partial charge < -0.3 is 10.6 Å². The molecule has 0 aromatic carbocycles. The zero-order valence-corrected chi connectivity index (χ0v) is 15.2. The van der Waals surface area contributed by atoms with Crippen molar-refractivity contribution >= 4 is 11.6 Å². The zero-order valence-electron chi connectivity index (χ0n) is 15.2. The molecule has 7 nitrogen and oxygen atoms in total. The number of anilines is 1. The Kier molecular flexibility index (Phi) is 4.93. The summed E-state index contributed by atoms with van der Waals surface area (Å²) in [7, 11) is 1.82. The third-order valence-corrected chi connectivity index (χ3v) is 4.75. The normalized spacial score (nSPS) is 14.9. The molecular formula is C20H22N6O. The first-order chi connectivity index (χ1) is 13.2. The summed E-state index contributed by atoms with van der Waals surface area (Å²) in [6, 6.07) is 11.3. The van der Waals surface area contributed by atoms with Crippen molar-refractivity contribution in [3.8, 4) is 11.4 Å². The Labute approximate surface area is 157 Å². The lowest BCUT2D eigenvalue weighted by Crippen LogP contribution is -2.27. The number of nitrogens with zero attached hydrogens (tertiary/aromatic N) is 4. The van der Waals surface area contributed by atoms with Gasteiger partial charge in [0, 0.05) is 31.1 Å². The van der Waals surface area contributed by atoms with E-state index in [2.05, 4.69) is 25.7 Å². The lowest BCUT2D eigenvalue weighted by molar-refractivity contribution is 0.102. The van der Waals surface area contributed by atoms with Crippen molar-refractivity contribution in [2.45, 2.75) is 18.8 Å². The first-order valence-electron chi connectivity index (χ1n) is 9.15. The van der Waals surface area contributed by atoms with Gasteiger partial charge in [0.05, 0.1) is 11.4 Å². The van der Waals surface area contributed by atoms with E-state index in [1.807, 2.05) is 37.4 Å². The van der Waals surface area contributed by atoms with E-state index in [0.29, 0.717) is 28.7 Å². The fourth-order valence-corrected chi connectivity index (χ4v) is 3.38. The molecule has 27 heavy (non-hydrogen) atoms. The SMILES string of the molecule is Cn1cc(NC(=O)c2cccc(C3CCNCC3)n2)c(-c2ccccn2)n1. The maximum absolute atomic E-state index is 12.8. The van der Waals surface area contributed by atoms with Crippen LogP contribution in [0.3, 0.4) is 0 Å². The fraction of sp³-hybridized carbons (Fsp3) is 0.300. The number of rotatable bonds is 4. The molecule has 1 fully saturated rings. The summed E-state index contributed by atoms with van der Waals surface area (Å²) in [5.41, 5.74) is 3.38. The van der Waals surface area contributed by atoms with E-state index in [0.717, 1.165) is 31.6 Å². The van der Waals surface area contributed by atoms with Crippen LogP contribution in [-0.2, 0) is 7.05 Å². The van der Waals surface area contributed by atoms with E-state index in [9.17, 15) is 4.79 Å². The van der Waals surface area contributed by atoms with E-state index >= 15 is 0 Å². The fourth-order valence-electron chi connectivity index (χ4n) is 3.38. The Bertz CT molecular complexity index is 931. The number of pyridine rings is 2. The standard InChI is InChI=1S/C20H22N6O/c1-26-13-18(19(25-26)16-5-2-3-10-22-16)24-20(27)17-7-4-6-15(23-17)14-8-11-21-12-9-14/h2-7,10,13-14,21H,8-9,11-12H2,1H3,(H,24,27). The highest BCUT2D eigenvalue weighted by atomic mass is 16.1. The number of piperidine rings is 1. The Morgan fingerprint density at radius 2 is 2.04 bits per heavy atom. The smallest absolute Gasteiger partial charge is 0.274 e. The summed E-state index contributed by atoms with van der Waals surface area (Å²) < 4.78 is 1.67. The van der Waals surface area contributed by atoms with Crippen LogP contribution in [0.4, 0.5) is 5.69 Å². The minimum absolute atomic E-state index is 0.240. The van der Waals surface area contributed by atoms with Crippen LogP contribution in [0, 0.1) is 0 Å². The second-order valence-electron chi connectivity index (χ2n) is 6.71. The van der Waals surface area contributed by atoms with Crippen LogP contribution < -0.4 is 10.6 Å². The van der Waals surface area contributed by atoms with Crippen molar-refractivity contribution in [3.05, 3.63) is 60.2 Å². The van der Waals surface area contributed by atoms with Gasteiger partial charge in [-0.15, -0.1) is 0 Å². The van der Waals surface area contributed by atoms with Crippen molar-refractivity contribution in [3.63, 3.8) is 0 Å². The highest BCUT2D eigenvalue weighted by Gasteiger charge is 2.19. The molecule has 2 N–H and O–H groups in total. The molecule has 1 amide bonds. The van der Waals surface area contributed by atoms with Crippen molar-refractivity contribution < 1.29 is 4.79 Å². The van der Waals surface area contributed by atoms with Crippen LogP contribution in [0.1, 0.15) is 34.9 Å². The Hall–Kier alpha value is -3.06. The number of hydrogen-bond acceptors (Lipinski definition) is 5. The molecule has 0 spiro atoms. The van der Waals surface area contributed by atoms with Gasteiger partial charge in [-0.1, -0.05) is 12.1 Å². The van der Waals surface area contributed by atoms with Gasteiger partial charge in [0.1, 0.15) is 11.4 Å². The van der Waals surface area contributed by atoms with E-state index in [1.165, 1.54) is 0 Å². The first kappa shape index (κ1) is 17.4. The van der Waals surface area contributed by atoms with Crippen molar-refractivity contribution in [2.24, 2.45) is 7.05 Å². The van der Waals surface area contributed by atoms with Gasteiger partial charge in [-0.05, 0) is 50.2 Å². The number of aromatic nitrogens is 4. The van der Waals surface area contributed by atoms with Crippen molar-refractivity contribution in [2.75, 3.05) is 18.4 Å². The van der Waals surface area contributed by atoms with Crippen LogP contribution >= 0.6 is 0 Å². The van der Waals surface area contributed by atoms with Gasteiger partial charge in [0.2, 0.25) is 0 Å². The molecule has 0 bridgehead atoms. The second-order valence-corrected chi connectivity index (χ2v) is 6.71. The minimum Gasteiger partial charge on any atom is -0.317 e. The molecule has 0 radical (unpaired) electrons. The molecule has 1 saturated heterocycles. The Morgan fingerprint density at radius 3 is 2.81 bits per heavy atom. The molecule has 0 saturated carbocycles. The van der Waals surface area contributed by atoms with Crippen molar-refractivity contribution in [1.29, 1.82) is 0 Å². The average Bonchev–Trinajstić information content (AvgIpc) is 3.09. The maximum atomic E-state index is 12.8. The Morgan fingerprint density at radius 1 is 1.19 bits per heavy atom. The van der Waals surface area contributed by atoms with Gasteiger partial charge in [-0.3, -0.25) is 14.5 Å².